The van der Waals surface area contributed by atoms with E-state index in [2.05, 4.69) is 9.88 Å². The molecule has 6 nitrogen and oxygen atoms in total. The first-order valence-electron chi connectivity index (χ1n) is 8.53. The van der Waals surface area contributed by atoms with Gasteiger partial charge in [0.05, 0.1) is 0 Å². The Balaban J connectivity index is 1.74. The summed E-state index contributed by atoms with van der Waals surface area (Å²) in [4.78, 5) is 20.8. The Hall–Kier alpha value is -1.95. The van der Waals surface area contributed by atoms with Gasteiger partial charge in [-0.3, -0.25) is 0 Å². The van der Waals surface area contributed by atoms with Gasteiger partial charge in [-0.15, -0.1) is 0 Å². The molecule has 136 valence electrons. The number of carbonyl (C=O) groups is 1. The molecule has 0 saturated carbocycles. The molecule has 1 aliphatic rings. The fourth-order valence-corrected chi connectivity index (χ4v) is 3.03. The summed E-state index contributed by atoms with van der Waals surface area (Å²) < 4.78 is 11.4. The van der Waals surface area contributed by atoms with E-state index < -0.39 is 5.60 Å². The number of rotatable bonds is 1. The molecule has 3 rings (SSSR count). The monoisotopic (exact) mass is 365 g/mol. The van der Waals surface area contributed by atoms with E-state index in [1.165, 1.54) is 0 Å². The van der Waals surface area contributed by atoms with Crippen molar-refractivity contribution in [3.8, 4) is 0 Å². The van der Waals surface area contributed by atoms with E-state index in [-0.39, 0.29) is 12.1 Å². The summed E-state index contributed by atoms with van der Waals surface area (Å²) in [6.45, 7) is 9.65. The van der Waals surface area contributed by atoms with Crippen molar-refractivity contribution in [3.63, 3.8) is 0 Å². The molecular weight excluding hydrogens is 342 g/mol. The van der Waals surface area contributed by atoms with Crippen molar-refractivity contribution in [1.82, 2.24) is 9.88 Å². The fraction of sp³-hybridized carbons (Fsp3) is 0.556. The van der Waals surface area contributed by atoms with Crippen molar-refractivity contribution in [2.75, 3.05) is 24.5 Å². The van der Waals surface area contributed by atoms with Crippen LogP contribution in [0.3, 0.4) is 0 Å². The number of amides is 1. The minimum Gasteiger partial charge on any atom is -0.444 e. The third kappa shape index (κ3) is 4.18. The largest absolute Gasteiger partial charge is 0.444 e. The number of fused-ring (bicyclic) bond motifs is 1. The third-order valence-corrected chi connectivity index (χ3v) is 4.43. The molecule has 2 heterocycles. The van der Waals surface area contributed by atoms with Gasteiger partial charge in [0, 0.05) is 30.7 Å². The molecule has 1 atom stereocenters. The van der Waals surface area contributed by atoms with Crippen LogP contribution in [0.4, 0.5) is 10.8 Å². The number of nitrogens with zero attached hydrogens (tertiary/aromatic N) is 3. The molecule has 2 aromatic rings. The quantitative estimate of drug-likeness (QED) is 0.753. The Morgan fingerprint density at radius 1 is 1.32 bits per heavy atom. The predicted octanol–water partition coefficient (Wildman–Crippen LogP) is 4.32. The van der Waals surface area contributed by atoms with Gasteiger partial charge in [0.25, 0.3) is 6.01 Å². The van der Waals surface area contributed by atoms with Crippen molar-refractivity contribution >= 4 is 34.8 Å². The van der Waals surface area contributed by atoms with E-state index in [9.17, 15) is 4.79 Å². The van der Waals surface area contributed by atoms with Gasteiger partial charge in [-0.2, -0.15) is 4.98 Å². The zero-order valence-electron chi connectivity index (χ0n) is 15.1. The van der Waals surface area contributed by atoms with Crippen LogP contribution in [0, 0.1) is 0 Å². The Morgan fingerprint density at radius 2 is 2.08 bits per heavy atom. The second-order valence-corrected chi connectivity index (χ2v) is 7.84. The number of hydrogen-bond donors (Lipinski definition) is 0. The average Bonchev–Trinajstić information content (AvgIpc) is 2.81. The molecule has 1 amide bonds. The maximum absolute atomic E-state index is 12.4. The average molecular weight is 366 g/mol. The van der Waals surface area contributed by atoms with Gasteiger partial charge < -0.3 is 19.0 Å². The number of aromatic nitrogens is 1. The molecule has 0 unspecified atom stereocenters. The highest BCUT2D eigenvalue weighted by Gasteiger charge is 2.30. The summed E-state index contributed by atoms with van der Waals surface area (Å²) >= 11 is 6.01. The van der Waals surface area contributed by atoms with Crippen LogP contribution in [0.2, 0.25) is 5.02 Å². The molecule has 1 fully saturated rings. The molecule has 0 radical (unpaired) electrons. The van der Waals surface area contributed by atoms with Crippen molar-refractivity contribution in [2.45, 2.75) is 45.8 Å². The lowest BCUT2D eigenvalue weighted by Gasteiger charge is -2.30. The minimum atomic E-state index is -0.498. The van der Waals surface area contributed by atoms with Crippen molar-refractivity contribution in [3.05, 3.63) is 23.2 Å². The van der Waals surface area contributed by atoms with E-state index >= 15 is 0 Å². The van der Waals surface area contributed by atoms with Crippen LogP contribution in [0.15, 0.2) is 22.6 Å². The first-order valence-corrected chi connectivity index (χ1v) is 8.91. The Morgan fingerprint density at radius 3 is 2.80 bits per heavy atom. The summed E-state index contributed by atoms with van der Waals surface area (Å²) in [6.07, 6.45) is 0.546. The predicted molar refractivity (Wildman–Crippen MR) is 98.3 cm³/mol. The van der Waals surface area contributed by atoms with Gasteiger partial charge in [-0.25, -0.2) is 4.79 Å². The number of ether oxygens (including phenoxy) is 1. The molecule has 0 spiro atoms. The molecule has 0 N–H and O–H groups in total. The van der Waals surface area contributed by atoms with Crippen LogP contribution in [0.25, 0.3) is 11.1 Å². The Labute approximate surface area is 152 Å². The zero-order valence-corrected chi connectivity index (χ0v) is 15.8. The topological polar surface area (TPSA) is 58.8 Å². The summed E-state index contributed by atoms with van der Waals surface area (Å²) in [5, 5.41) is 0.632. The van der Waals surface area contributed by atoms with E-state index in [0.29, 0.717) is 29.7 Å². The minimum absolute atomic E-state index is 0.0960. The molecule has 1 aromatic heterocycles. The van der Waals surface area contributed by atoms with Crippen LogP contribution < -0.4 is 4.90 Å². The normalized spacial score (nSPS) is 19.2. The highest BCUT2D eigenvalue weighted by molar-refractivity contribution is 6.31. The van der Waals surface area contributed by atoms with Crippen LogP contribution in [-0.2, 0) is 4.74 Å². The summed E-state index contributed by atoms with van der Waals surface area (Å²) in [5.74, 6) is 0. The molecule has 25 heavy (non-hydrogen) atoms. The van der Waals surface area contributed by atoms with E-state index in [4.69, 9.17) is 20.8 Å². The van der Waals surface area contributed by atoms with Crippen molar-refractivity contribution in [2.24, 2.45) is 0 Å². The van der Waals surface area contributed by atoms with Crippen molar-refractivity contribution in [1.29, 1.82) is 0 Å². The highest BCUT2D eigenvalue weighted by atomic mass is 35.5. The summed E-state index contributed by atoms with van der Waals surface area (Å²) in [6, 6.07) is 6.06. The summed E-state index contributed by atoms with van der Waals surface area (Å²) in [7, 11) is 0. The molecular formula is C18H24ClN3O3. The van der Waals surface area contributed by atoms with Crippen molar-refractivity contribution < 1.29 is 13.9 Å². The lowest BCUT2D eigenvalue weighted by Crippen LogP contribution is -2.43. The molecule has 0 aliphatic carbocycles. The maximum Gasteiger partial charge on any atom is 0.410 e. The zero-order chi connectivity index (χ0) is 18.2. The highest BCUT2D eigenvalue weighted by Crippen LogP contribution is 2.26. The maximum atomic E-state index is 12.4. The van der Waals surface area contributed by atoms with Gasteiger partial charge in [-0.05, 0) is 52.3 Å². The smallest absolute Gasteiger partial charge is 0.410 e. The molecule has 1 aromatic carbocycles. The van der Waals surface area contributed by atoms with Gasteiger partial charge in [0.15, 0.2) is 5.58 Å². The third-order valence-electron chi connectivity index (χ3n) is 4.20. The fourth-order valence-electron chi connectivity index (χ4n) is 2.87. The SMILES string of the molecule is C[C@@H]1CCN(c2nc3cc(Cl)ccc3o2)CCN1C(=O)OC(C)(C)C. The summed E-state index contributed by atoms with van der Waals surface area (Å²) in [5.41, 5.74) is 0.951. The second kappa shape index (κ2) is 6.75. The van der Waals surface area contributed by atoms with Crippen LogP contribution in [0.1, 0.15) is 34.1 Å². The lowest BCUT2D eigenvalue weighted by molar-refractivity contribution is 0.0191. The lowest BCUT2D eigenvalue weighted by atomic mass is 10.2. The number of anilines is 1. The number of hydrogen-bond acceptors (Lipinski definition) is 5. The molecule has 1 saturated heterocycles. The Kier molecular flexibility index (Phi) is 4.82. The van der Waals surface area contributed by atoms with Gasteiger partial charge >= 0.3 is 6.09 Å². The molecule has 0 bridgehead atoms. The first kappa shape index (κ1) is 17.9. The number of benzene rings is 1. The van der Waals surface area contributed by atoms with Crippen LogP contribution in [-0.4, -0.2) is 47.3 Å². The first-order chi connectivity index (χ1) is 11.7. The van der Waals surface area contributed by atoms with Gasteiger partial charge in [-0.1, -0.05) is 11.6 Å². The standard InChI is InChI=1S/C18H24ClN3O3/c1-12-7-8-21(9-10-22(12)17(23)25-18(2,3)4)16-20-14-11-13(19)5-6-15(14)24-16/h5-6,11-12H,7-10H2,1-4H3/t12-/m1/s1. The number of carbonyl (C=O) groups excluding carboxylic acids is 1. The second-order valence-electron chi connectivity index (χ2n) is 7.41. The van der Waals surface area contributed by atoms with Crippen LogP contribution in [0.5, 0.6) is 0 Å². The molecule has 1 aliphatic heterocycles. The van der Waals surface area contributed by atoms with Gasteiger partial charge in [0.2, 0.25) is 0 Å². The van der Waals surface area contributed by atoms with E-state index in [1.807, 2.05) is 33.8 Å². The van der Waals surface area contributed by atoms with Gasteiger partial charge in [0.1, 0.15) is 11.1 Å². The van der Waals surface area contributed by atoms with E-state index in [0.717, 1.165) is 18.5 Å². The van der Waals surface area contributed by atoms with E-state index in [1.54, 1.807) is 17.0 Å². The number of oxazole rings is 1. The number of halogens is 1. The Bertz CT molecular complexity index is 769. The molecule has 7 heteroatoms. The van der Waals surface area contributed by atoms with Crippen LogP contribution >= 0.6 is 11.6 Å².